The van der Waals surface area contributed by atoms with E-state index in [1.165, 1.54) is 33.1 Å². The summed E-state index contributed by atoms with van der Waals surface area (Å²) in [5.74, 6) is -1.37. The minimum absolute atomic E-state index is 0.257. The van der Waals surface area contributed by atoms with Gasteiger partial charge < -0.3 is 13.9 Å². The molecule has 0 amide bonds. The molecule has 0 aliphatic heterocycles. The Kier molecular flexibility index (Phi) is 7.33. The van der Waals surface area contributed by atoms with Gasteiger partial charge in [-0.05, 0) is 49.7 Å². The molecule has 4 nitrogen and oxygen atoms in total. The highest BCUT2D eigenvalue weighted by atomic mass is 28.4. The van der Waals surface area contributed by atoms with Crippen LogP contribution >= 0.6 is 0 Å². The third-order valence-electron chi connectivity index (χ3n) is 4.29. The second-order valence-electron chi connectivity index (χ2n) is 8.36. The molecule has 0 spiro atoms. The largest absolute Gasteiger partial charge is 0.496 e. The van der Waals surface area contributed by atoms with Gasteiger partial charge in [-0.1, -0.05) is 13.8 Å². The molecule has 0 saturated carbocycles. The molecule has 1 aromatic rings. The highest BCUT2D eigenvalue weighted by Gasteiger charge is 2.60. The maximum Gasteiger partial charge on any atom is 0.416 e. The van der Waals surface area contributed by atoms with Gasteiger partial charge in [-0.2, -0.15) is 13.2 Å². The summed E-state index contributed by atoms with van der Waals surface area (Å²) >= 11 is 0. The number of carbonyl (C=O) groups is 1. The first-order valence-corrected chi connectivity index (χ1v) is 12.2. The number of benzene rings is 1. The van der Waals surface area contributed by atoms with Gasteiger partial charge in [-0.25, -0.2) is 4.39 Å². The van der Waals surface area contributed by atoms with Gasteiger partial charge in [0.15, 0.2) is 13.9 Å². The van der Waals surface area contributed by atoms with Crippen molar-refractivity contribution >= 4 is 14.3 Å². The molecule has 1 unspecified atom stereocenters. The van der Waals surface area contributed by atoms with Crippen molar-refractivity contribution in [1.82, 2.24) is 0 Å². The molecule has 9 heteroatoms. The Morgan fingerprint density at radius 3 is 2.11 bits per heavy atom. The fraction of sp³-hybridized carbons (Fsp3) is 0.632. The lowest BCUT2D eigenvalue weighted by Crippen LogP contribution is -2.57. The van der Waals surface area contributed by atoms with Crippen molar-refractivity contribution in [1.29, 1.82) is 0 Å². The van der Waals surface area contributed by atoms with E-state index >= 15 is 0 Å². The van der Waals surface area contributed by atoms with Crippen LogP contribution in [0.3, 0.4) is 0 Å². The molecule has 0 saturated heterocycles. The number of halogens is 4. The van der Waals surface area contributed by atoms with Crippen LogP contribution in [-0.2, 0) is 19.4 Å². The highest BCUT2D eigenvalue weighted by Crippen LogP contribution is 2.48. The average Bonchev–Trinajstić information content (AvgIpc) is 2.51. The minimum Gasteiger partial charge on any atom is -0.496 e. The molecule has 0 heterocycles. The van der Waals surface area contributed by atoms with Crippen LogP contribution in [0.4, 0.5) is 17.6 Å². The summed E-state index contributed by atoms with van der Waals surface area (Å²) < 4.78 is 72.1. The molecule has 0 N–H and O–H groups in total. The average molecular weight is 425 g/mol. The first-order valence-electron chi connectivity index (χ1n) is 8.75. The summed E-state index contributed by atoms with van der Waals surface area (Å²) in [7, 11) is -0.364. The molecular weight excluding hydrogens is 396 g/mol. The first kappa shape index (κ1) is 24.4. The van der Waals surface area contributed by atoms with E-state index in [4.69, 9.17) is 9.16 Å². The van der Waals surface area contributed by atoms with Crippen LogP contribution in [-0.4, -0.2) is 40.3 Å². The van der Waals surface area contributed by atoms with Crippen molar-refractivity contribution in [3.05, 3.63) is 29.6 Å². The van der Waals surface area contributed by atoms with Crippen LogP contribution < -0.4 is 4.74 Å². The number of hydrogen-bond donors (Lipinski definition) is 0. The fourth-order valence-corrected chi connectivity index (χ4v) is 4.73. The van der Waals surface area contributed by atoms with Gasteiger partial charge in [0.2, 0.25) is 0 Å². The Hall–Kier alpha value is -1.61. The fourth-order valence-electron chi connectivity index (χ4n) is 3.30. The molecule has 1 aromatic carbocycles. The van der Waals surface area contributed by atoms with E-state index in [1.807, 2.05) is 0 Å². The molecule has 28 heavy (non-hydrogen) atoms. The van der Waals surface area contributed by atoms with Crippen LogP contribution in [0, 0.1) is 5.82 Å². The Labute approximate surface area is 164 Å². The topological polar surface area (TPSA) is 44.8 Å². The summed E-state index contributed by atoms with van der Waals surface area (Å²) in [5.41, 5.74) is -3.74. The zero-order chi connectivity index (χ0) is 22.0. The number of ether oxygens (including phenoxy) is 2. The smallest absolute Gasteiger partial charge is 0.416 e. The van der Waals surface area contributed by atoms with E-state index in [1.54, 1.807) is 19.6 Å². The summed E-state index contributed by atoms with van der Waals surface area (Å²) in [6.45, 7) is 7.91. The SMILES string of the molecule is COC(=O)CC(CC(C)(C)c1cc(F)ccc1OC)(O[Si](C)(C)C)C(F)(F)F. The highest BCUT2D eigenvalue weighted by molar-refractivity contribution is 6.69. The summed E-state index contributed by atoms with van der Waals surface area (Å²) in [4.78, 5) is 11.9. The van der Waals surface area contributed by atoms with E-state index in [0.29, 0.717) is 0 Å². The van der Waals surface area contributed by atoms with Crippen molar-refractivity contribution in [2.24, 2.45) is 0 Å². The molecule has 0 fully saturated rings. The van der Waals surface area contributed by atoms with Gasteiger partial charge >= 0.3 is 12.1 Å². The second-order valence-corrected chi connectivity index (χ2v) is 12.8. The second kappa shape index (κ2) is 8.40. The summed E-state index contributed by atoms with van der Waals surface area (Å²) in [5, 5.41) is 0. The number of rotatable bonds is 8. The summed E-state index contributed by atoms with van der Waals surface area (Å²) in [6.07, 6.45) is -6.44. The van der Waals surface area contributed by atoms with Gasteiger partial charge in [0.25, 0.3) is 0 Å². The molecule has 1 rings (SSSR count). The van der Waals surface area contributed by atoms with Gasteiger partial charge in [0.1, 0.15) is 11.6 Å². The Bertz CT molecular complexity index is 698. The van der Waals surface area contributed by atoms with Crippen LogP contribution in [0.25, 0.3) is 0 Å². The monoisotopic (exact) mass is 424 g/mol. The van der Waals surface area contributed by atoms with Crippen LogP contribution in [0.15, 0.2) is 18.2 Å². The first-order chi connectivity index (χ1) is 12.6. The predicted molar refractivity (Wildman–Crippen MR) is 100 cm³/mol. The third-order valence-corrected chi connectivity index (χ3v) is 5.30. The molecule has 1 atom stereocenters. The van der Waals surface area contributed by atoms with Crippen molar-refractivity contribution in [3.8, 4) is 5.75 Å². The lowest BCUT2D eigenvalue weighted by Gasteiger charge is -2.44. The number of alkyl halides is 3. The van der Waals surface area contributed by atoms with E-state index < -0.39 is 50.1 Å². The molecule has 0 aromatic heterocycles. The molecule has 0 bridgehead atoms. The van der Waals surface area contributed by atoms with Crippen molar-refractivity contribution in [2.45, 2.75) is 63.5 Å². The minimum atomic E-state index is -4.85. The van der Waals surface area contributed by atoms with Crippen molar-refractivity contribution < 1.29 is 36.3 Å². The van der Waals surface area contributed by atoms with Gasteiger partial charge in [0.05, 0.1) is 20.6 Å². The molecule has 0 radical (unpaired) electrons. The quantitative estimate of drug-likeness (QED) is 0.326. The van der Waals surface area contributed by atoms with E-state index in [2.05, 4.69) is 4.74 Å². The lowest BCUT2D eigenvalue weighted by atomic mass is 9.73. The van der Waals surface area contributed by atoms with Gasteiger partial charge in [-0.15, -0.1) is 0 Å². The number of methoxy groups -OCH3 is 2. The van der Waals surface area contributed by atoms with E-state index in [-0.39, 0.29) is 11.3 Å². The Morgan fingerprint density at radius 1 is 1.11 bits per heavy atom. The molecule has 0 aliphatic rings. The van der Waals surface area contributed by atoms with Gasteiger partial charge in [0, 0.05) is 5.56 Å². The van der Waals surface area contributed by atoms with Crippen LogP contribution in [0.2, 0.25) is 19.6 Å². The third kappa shape index (κ3) is 5.94. The lowest BCUT2D eigenvalue weighted by molar-refractivity contribution is -0.261. The van der Waals surface area contributed by atoms with Crippen molar-refractivity contribution in [2.75, 3.05) is 14.2 Å². The normalized spacial score (nSPS) is 15.1. The molecule has 0 aliphatic carbocycles. The predicted octanol–water partition coefficient (Wildman–Crippen LogP) is 5.22. The van der Waals surface area contributed by atoms with Crippen molar-refractivity contribution in [3.63, 3.8) is 0 Å². The van der Waals surface area contributed by atoms with Crippen LogP contribution in [0.1, 0.15) is 32.3 Å². The van der Waals surface area contributed by atoms with Gasteiger partial charge in [-0.3, -0.25) is 4.79 Å². The molecule has 160 valence electrons. The van der Waals surface area contributed by atoms with E-state index in [9.17, 15) is 22.4 Å². The number of hydrogen-bond acceptors (Lipinski definition) is 4. The van der Waals surface area contributed by atoms with E-state index in [0.717, 1.165) is 13.2 Å². The number of esters is 1. The maximum atomic E-state index is 14.3. The maximum absolute atomic E-state index is 14.3. The Morgan fingerprint density at radius 2 is 1.68 bits per heavy atom. The molecular formula is C19H28F4O4Si. The number of carbonyl (C=O) groups excluding carboxylic acids is 1. The summed E-state index contributed by atoms with van der Waals surface area (Å²) in [6, 6.07) is 3.68. The zero-order valence-corrected chi connectivity index (χ0v) is 18.3. The Balaban J connectivity index is 3.57. The van der Waals surface area contributed by atoms with Crippen LogP contribution in [0.5, 0.6) is 5.75 Å². The zero-order valence-electron chi connectivity index (χ0n) is 17.3. The standard InChI is InChI=1S/C19H28F4O4Si/c1-17(2,14-10-13(20)8-9-15(14)25-3)12-18(19(21,22)23,11-16(24)26-4)27-28(5,6)7/h8-10H,11-12H2,1-7H3.